The predicted octanol–water partition coefficient (Wildman–Crippen LogP) is 3.11. The maximum atomic E-state index is 11.4. The molecule has 5 heteroatoms. The molecule has 0 saturated carbocycles. The lowest BCUT2D eigenvalue weighted by Crippen LogP contribution is -2.32. The van der Waals surface area contributed by atoms with Gasteiger partial charge >= 0.3 is 0 Å². The zero-order valence-corrected chi connectivity index (χ0v) is 12.9. The summed E-state index contributed by atoms with van der Waals surface area (Å²) in [6.45, 7) is 5.20. The maximum Gasteiger partial charge on any atom is 0.221 e. The Morgan fingerprint density at radius 1 is 1.44 bits per heavy atom. The number of amides is 1. The van der Waals surface area contributed by atoms with Crippen LogP contribution in [0, 0.1) is 0 Å². The first-order valence-electron chi connectivity index (χ1n) is 5.93. The Bertz CT molecular complexity index is 410. The summed E-state index contributed by atoms with van der Waals surface area (Å²) in [4.78, 5) is 11.4. The van der Waals surface area contributed by atoms with Crippen molar-refractivity contribution in [2.45, 2.75) is 32.9 Å². The van der Waals surface area contributed by atoms with Crippen molar-refractivity contribution < 1.29 is 4.79 Å². The summed E-state index contributed by atoms with van der Waals surface area (Å²) >= 11 is 9.47. The van der Waals surface area contributed by atoms with E-state index in [1.807, 2.05) is 32.0 Å². The van der Waals surface area contributed by atoms with E-state index in [9.17, 15) is 4.79 Å². The highest BCUT2D eigenvalue weighted by atomic mass is 79.9. The van der Waals surface area contributed by atoms with Crippen LogP contribution in [-0.2, 0) is 11.3 Å². The van der Waals surface area contributed by atoms with Gasteiger partial charge in [-0.25, -0.2) is 0 Å². The second kappa shape index (κ2) is 7.77. The highest BCUT2D eigenvalue weighted by Gasteiger charge is 2.04. The molecule has 1 rings (SSSR count). The van der Waals surface area contributed by atoms with Crippen molar-refractivity contribution in [2.75, 3.05) is 6.54 Å². The second-order valence-corrected chi connectivity index (χ2v) is 5.71. The van der Waals surface area contributed by atoms with Crippen molar-refractivity contribution in [1.29, 1.82) is 0 Å². The molecule has 0 aliphatic carbocycles. The van der Waals surface area contributed by atoms with E-state index in [-0.39, 0.29) is 11.9 Å². The highest BCUT2D eigenvalue weighted by molar-refractivity contribution is 9.10. The molecule has 2 N–H and O–H groups in total. The van der Waals surface area contributed by atoms with Crippen LogP contribution in [-0.4, -0.2) is 18.5 Å². The molecule has 0 aromatic heterocycles. The summed E-state index contributed by atoms with van der Waals surface area (Å²) in [6.07, 6.45) is 0.476. The van der Waals surface area contributed by atoms with Gasteiger partial charge in [-0.1, -0.05) is 27.5 Å². The molecule has 0 saturated heterocycles. The van der Waals surface area contributed by atoms with Crippen LogP contribution in [0.1, 0.15) is 25.8 Å². The third kappa shape index (κ3) is 5.85. The van der Waals surface area contributed by atoms with Crippen molar-refractivity contribution in [3.05, 3.63) is 33.3 Å². The molecule has 100 valence electrons. The maximum absolute atomic E-state index is 11.4. The fraction of sp³-hybridized carbons (Fsp3) is 0.462. The van der Waals surface area contributed by atoms with Crippen molar-refractivity contribution in [2.24, 2.45) is 0 Å². The van der Waals surface area contributed by atoms with Crippen LogP contribution in [0.4, 0.5) is 0 Å². The molecule has 0 radical (unpaired) electrons. The van der Waals surface area contributed by atoms with Crippen LogP contribution in [0.3, 0.4) is 0 Å². The van der Waals surface area contributed by atoms with E-state index in [0.29, 0.717) is 19.5 Å². The molecule has 1 aromatic carbocycles. The van der Waals surface area contributed by atoms with Crippen LogP contribution >= 0.6 is 27.5 Å². The molecule has 0 aliphatic heterocycles. The van der Waals surface area contributed by atoms with Gasteiger partial charge in [-0.05, 0) is 37.6 Å². The monoisotopic (exact) mass is 332 g/mol. The quantitative estimate of drug-likeness (QED) is 0.785. The highest BCUT2D eigenvalue weighted by Crippen LogP contribution is 2.20. The third-order valence-electron chi connectivity index (χ3n) is 2.30. The van der Waals surface area contributed by atoms with Gasteiger partial charge in [0.15, 0.2) is 0 Å². The normalized spacial score (nSPS) is 10.7. The SMILES string of the molecule is CC(C)NC(=O)CCNCc1cc(Br)ccc1Cl. The van der Waals surface area contributed by atoms with Crippen molar-refractivity contribution in [1.82, 2.24) is 10.6 Å². The van der Waals surface area contributed by atoms with E-state index in [2.05, 4.69) is 26.6 Å². The van der Waals surface area contributed by atoms with Crippen molar-refractivity contribution in [3.63, 3.8) is 0 Å². The molecular weight excluding hydrogens is 316 g/mol. The summed E-state index contributed by atoms with van der Waals surface area (Å²) in [5.74, 6) is 0.0674. The Labute approximate surface area is 121 Å². The smallest absolute Gasteiger partial charge is 0.221 e. The minimum Gasteiger partial charge on any atom is -0.354 e. The van der Waals surface area contributed by atoms with E-state index in [0.717, 1.165) is 15.1 Å². The lowest BCUT2D eigenvalue weighted by Gasteiger charge is -2.09. The van der Waals surface area contributed by atoms with Crippen LogP contribution in [0.15, 0.2) is 22.7 Å². The van der Waals surface area contributed by atoms with Crippen molar-refractivity contribution in [3.8, 4) is 0 Å². The van der Waals surface area contributed by atoms with Crippen LogP contribution in [0.2, 0.25) is 5.02 Å². The Morgan fingerprint density at radius 3 is 2.83 bits per heavy atom. The van der Waals surface area contributed by atoms with Gasteiger partial charge in [-0.15, -0.1) is 0 Å². The topological polar surface area (TPSA) is 41.1 Å². The zero-order valence-electron chi connectivity index (χ0n) is 10.6. The van der Waals surface area contributed by atoms with Gasteiger partial charge in [-0.3, -0.25) is 4.79 Å². The summed E-state index contributed by atoms with van der Waals surface area (Å²) in [5.41, 5.74) is 1.02. The van der Waals surface area contributed by atoms with Gasteiger partial charge in [0.05, 0.1) is 0 Å². The van der Waals surface area contributed by atoms with Crippen molar-refractivity contribution >= 4 is 33.4 Å². The molecule has 0 unspecified atom stereocenters. The van der Waals surface area contributed by atoms with Gasteiger partial charge in [0.1, 0.15) is 0 Å². The van der Waals surface area contributed by atoms with Gasteiger partial charge < -0.3 is 10.6 Å². The Balaban J connectivity index is 2.29. The largest absolute Gasteiger partial charge is 0.354 e. The average molecular weight is 334 g/mol. The molecule has 0 spiro atoms. The molecule has 0 bridgehead atoms. The van der Waals surface area contributed by atoms with E-state index in [1.165, 1.54) is 0 Å². The Kier molecular flexibility index (Phi) is 6.68. The molecule has 3 nitrogen and oxygen atoms in total. The molecule has 1 amide bonds. The Morgan fingerprint density at radius 2 is 2.17 bits per heavy atom. The lowest BCUT2D eigenvalue weighted by atomic mass is 10.2. The average Bonchev–Trinajstić information content (AvgIpc) is 2.28. The van der Waals surface area contributed by atoms with E-state index in [4.69, 9.17) is 11.6 Å². The number of halogens is 2. The number of rotatable bonds is 6. The minimum atomic E-state index is 0.0674. The number of benzene rings is 1. The fourth-order valence-electron chi connectivity index (χ4n) is 1.50. The summed E-state index contributed by atoms with van der Waals surface area (Å²) in [7, 11) is 0. The first kappa shape index (κ1) is 15.5. The zero-order chi connectivity index (χ0) is 13.5. The van der Waals surface area contributed by atoms with Crippen LogP contribution in [0.25, 0.3) is 0 Å². The first-order valence-corrected chi connectivity index (χ1v) is 7.10. The third-order valence-corrected chi connectivity index (χ3v) is 3.16. The number of hydrogen-bond acceptors (Lipinski definition) is 2. The molecule has 1 aromatic rings. The van der Waals surface area contributed by atoms with Gasteiger partial charge in [-0.2, -0.15) is 0 Å². The van der Waals surface area contributed by atoms with E-state index in [1.54, 1.807) is 0 Å². The minimum absolute atomic E-state index is 0.0674. The predicted molar refractivity (Wildman–Crippen MR) is 78.8 cm³/mol. The molecule has 0 heterocycles. The van der Waals surface area contributed by atoms with E-state index >= 15 is 0 Å². The Hall–Kier alpha value is -0.580. The number of nitrogens with one attached hydrogen (secondary N) is 2. The van der Waals surface area contributed by atoms with Gasteiger partial charge in [0.25, 0.3) is 0 Å². The second-order valence-electron chi connectivity index (χ2n) is 4.38. The molecule has 0 atom stereocenters. The lowest BCUT2D eigenvalue weighted by molar-refractivity contribution is -0.121. The van der Waals surface area contributed by atoms with Gasteiger partial charge in [0.2, 0.25) is 5.91 Å². The standard InChI is InChI=1S/C13H18BrClN2O/c1-9(2)17-13(18)5-6-16-8-10-7-11(14)3-4-12(10)15/h3-4,7,9,16H,5-6,8H2,1-2H3,(H,17,18). The summed E-state index contributed by atoms with van der Waals surface area (Å²) in [6, 6.07) is 5.93. The summed E-state index contributed by atoms with van der Waals surface area (Å²) < 4.78 is 1.00. The number of carbonyl (C=O) groups is 1. The first-order chi connectivity index (χ1) is 8.49. The fourth-order valence-corrected chi connectivity index (χ4v) is 2.09. The molecule has 18 heavy (non-hydrogen) atoms. The number of carbonyl (C=O) groups excluding carboxylic acids is 1. The van der Waals surface area contributed by atoms with E-state index < -0.39 is 0 Å². The molecular formula is C13H18BrClN2O. The van der Waals surface area contributed by atoms with Gasteiger partial charge in [0, 0.05) is 35.0 Å². The molecule has 0 fully saturated rings. The number of hydrogen-bond donors (Lipinski definition) is 2. The van der Waals surface area contributed by atoms with Crippen LogP contribution < -0.4 is 10.6 Å². The molecule has 0 aliphatic rings. The van der Waals surface area contributed by atoms with Crippen LogP contribution in [0.5, 0.6) is 0 Å². The summed E-state index contributed by atoms with van der Waals surface area (Å²) in [5, 5.41) is 6.79.